The van der Waals surface area contributed by atoms with Gasteiger partial charge in [-0.25, -0.2) is 4.79 Å². The molecule has 0 aliphatic carbocycles. The lowest BCUT2D eigenvalue weighted by molar-refractivity contribution is 0.0601. The minimum atomic E-state index is -0.424. The Balaban J connectivity index is 2.01. The highest BCUT2D eigenvalue weighted by molar-refractivity contribution is 5.95. The SMILES string of the molecule is COC(=O)c1ccc2ccn(C[C@@H]3CCNC3)c(=O)c2c1. The van der Waals surface area contributed by atoms with Crippen LogP contribution in [0, 0.1) is 5.92 Å². The summed E-state index contributed by atoms with van der Waals surface area (Å²) in [4.78, 5) is 24.2. The maximum absolute atomic E-state index is 12.6. The van der Waals surface area contributed by atoms with Gasteiger partial charge in [0.2, 0.25) is 0 Å². The average molecular weight is 286 g/mol. The van der Waals surface area contributed by atoms with Crippen LogP contribution in [-0.4, -0.2) is 30.7 Å². The van der Waals surface area contributed by atoms with E-state index in [2.05, 4.69) is 5.32 Å². The van der Waals surface area contributed by atoms with Gasteiger partial charge in [0.25, 0.3) is 5.56 Å². The van der Waals surface area contributed by atoms with Gasteiger partial charge in [0.05, 0.1) is 12.7 Å². The summed E-state index contributed by atoms with van der Waals surface area (Å²) in [5, 5.41) is 4.71. The molecule has 1 fully saturated rings. The lowest BCUT2D eigenvalue weighted by atomic mass is 10.1. The fraction of sp³-hybridized carbons (Fsp3) is 0.375. The van der Waals surface area contributed by atoms with Crippen molar-refractivity contribution in [2.45, 2.75) is 13.0 Å². The van der Waals surface area contributed by atoms with Crippen LogP contribution < -0.4 is 10.9 Å². The van der Waals surface area contributed by atoms with Gasteiger partial charge in [-0.3, -0.25) is 4.79 Å². The highest BCUT2D eigenvalue weighted by atomic mass is 16.5. The Morgan fingerprint density at radius 3 is 3.00 bits per heavy atom. The molecule has 1 aliphatic heterocycles. The summed E-state index contributed by atoms with van der Waals surface area (Å²) in [6, 6.07) is 7.00. The van der Waals surface area contributed by atoms with Crippen molar-refractivity contribution in [3.63, 3.8) is 0 Å². The lowest BCUT2D eigenvalue weighted by Crippen LogP contribution is -2.24. The Labute approximate surface area is 122 Å². The van der Waals surface area contributed by atoms with E-state index in [-0.39, 0.29) is 5.56 Å². The number of fused-ring (bicyclic) bond motifs is 1. The number of aromatic nitrogens is 1. The van der Waals surface area contributed by atoms with E-state index in [4.69, 9.17) is 4.74 Å². The third kappa shape index (κ3) is 2.69. The first kappa shape index (κ1) is 13.8. The molecule has 5 heteroatoms. The zero-order valence-electron chi connectivity index (χ0n) is 12.0. The molecular formula is C16H18N2O3. The molecule has 1 aliphatic rings. The third-order valence-corrected chi connectivity index (χ3v) is 4.02. The molecule has 2 aromatic rings. The number of nitrogens with one attached hydrogen (secondary N) is 1. The Morgan fingerprint density at radius 2 is 2.29 bits per heavy atom. The first-order valence-corrected chi connectivity index (χ1v) is 7.11. The van der Waals surface area contributed by atoms with Crippen LogP contribution in [0.1, 0.15) is 16.8 Å². The van der Waals surface area contributed by atoms with Crippen LogP contribution in [0.2, 0.25) is 0 Å². The van der Waals surface area contributed by atoms with Crippen LogP contribution in [0.25, 0.3) is 10.8 Å². The molecule has 1 atom stereocenters. The topological polar surface area (TPSA) is 60.3 Å². The van der Waals surface area contributed by atoms with E-state index in [1.807, 2.05) is 12.3 Å². The minimum Gasteiger partial charge on any atom is -0.465 e. The maximum atomic E-state index is 12.6. The number of hydrogen-bond donors (Lipinski definition) is 1. The number of methoxy groups -OCH3 is 1. The van der Waals surface area contributed by atoms with E-state index in [0.29, 0.717) is 23.4 Å². The summed E-state index contributed by atoms with van der Waals surface area (Å²) in [6.07, 6.45) is 2.92. The van der Waals surface area contributed by atoms with Gasteiger partial charge in [0.1, 0.15) is 0 Å². The van der Waals surface area contributed by atoms with Gasteiger partial charge in [0, 0.05) is 18.1 Å². The molecule has 0 spiro atoms. The molecule has 0 unspecified atom stereocenters. The fourth-order valence-corrected chi connectivity index (χ4v) is 2.82. The van der Waals surface area contributed by atoms with E-state index in [1.165, 1.54) is 7.11 Å². The van der Waals surface area contributed by atoms with Crippen LogP contribution in [0.4, 0.5) is 0 Å². The van der Waals surface area contributed by atoms with E-state index in [9.17, 15) is 9.59 Å². The predicted molar refractivity (Wildman–Crippen MR) is 80.5 cm³/mol. The van der Waals surface area contributed by atoms with Gasteiger partial charge in [0.15, 0.2) is 0 Å². The fourth-order valence-electron chi connectivity index (χ4n) is 2.82. The first-order chi connectivity index (χ1) is 10.2. The van der Waals surface area contributed by atoms with Gasteiger partial charge in [-0.15, -0.1) is 0 Å². The Morgan fingerprint density at radius 1 is 1.43 bits per heavy atom. The molecule has 0 bridgehead atoms. The lowest BCUT2D eigenvalue weighted by Gasteiger charge is -2.12. The summed E-state index contributed by atoms with van der Waals surface area (Å²) in [5.74, 6) is 0.0654. The molecule has 5 nitrogen and oxygen atoms in total. The second kappa shape index (κ2) is 5.69. The zero-order chi connectivity index (χ0) is 14.8. The Hall–Kier alpha value is -2.14. The van der Waals surface area contributed by atoms with Crippen LogP contribution >= 0.6 is 0 Å². The molecule has 2 heterocycles. The second-order valence-electron chi connectivity index (χ2n) is 5.43. The number of hydrogen-bond acceptors (Lipinski definition) is 4. The number of nitrogens with zero attached hydrogens (tertiary/aromatic N) is 1. The monoisotopic (exact) mass is 286 g/mol. The number of ether oxygens (including phenoxy) is 1. The van der Waals surface area contributed by atoms with Crippen LogP contribution in [-0.2, 0) is 11.3 Å². The van der Waals surface area contributed by atoms with Crippen molar-refractivity contribution < 1.29 is 9.53 Å². The Kier molecular flexibility index (Phi) is 3.75. The minimum absolute atomic E-state index is 0.0508. The van der Waals surface area contributed by atoms with Gasteiger partial charge in [-0.2, -0.15) is 0 Å². The van der Waals surface area contributed by atoms with Crippen LogP contribution in [0.15, 0.2) is 35.3 Å². The molecule has 1 aromatic heterocycles. The van der Waals surface area contributed by atoms with Gasteiger partial charge in [-0.05, 0) is 49.0 Å². The van der Waals surface area contributed by atoms with Crippen molar-refractivity contribution in [3.8, 4) is 0 Å². The number of esters is 1. The van der Waals surface area contributed by atoms with E-state index in [0.717, 1.165) is 24.9 Å². The third-order valence-electron chi connectivity index (χ3n) is 4.02. The highest BCUT2D eigenvalue weighted by Crippen LogP contribution is 2.15. The summed E-state index contributed by atoms with van der Waals surface area (Å²) in [5.41, 5.74) is 0.354. The molecule has 3 rings (SSSR count). The smallest absolute Gasteiger partial charge is 0.337 e. The van der Waals surface area contributed by atoms with Crippen LogP contribution in [0.3, 0.4) is 0 Å². The quantitative estimate of drug-likeness (QED) is 0.866. The Bertz CT molecular complexity index is 730. The maximum Gasteiger partial charge on any atom is 0.337 e. The number of rotatable bonds is 3. The number of pyridine rings is 1. The molecule has 110 valence electrons. The molecule has 1 aromatic carbocycles. The molecule has 0 radical (unpaired) electrons. The number of carbonyl (C=O) groups is 1. The molecular weight excluding hydrogens is 268 g/mol. The van der Waals surface area contributed by atoms with Crippen molar-refractivity contribution in [2.24, 2.45) is 5.92 Å². The normalized spacial score (nSPS) is 18.0. The van der Waals surface area contributed by atoms with Crippen molar-refractivity contribution in [3.05, 3.63) is 46.4 Å². The van der Waals surface area contributed by atoms with Crippen molar-refractivity contribution in [1.82, 2.24) is 9.88 Å². The van der Waals surface area contributed by atoms with Crippen molar-refractivity contribution >= 4 is 16.7 Å². The standard InChI is InChI=1S/C16H18N2O3/c1-21-16(20)13-3-2-12-5-7-18(15(19)14(12)8-13)10-11-4-6-17-9-11/h2-3,5,7-8,11,17H,4,6,9-10H2,1H3/t11-/m1/s1. The number of carbonyl (C=O) groups excluding carboxylic acids is 1. The molecule has 1 saturated heterocycles. The average Bonchev–Trinajstić information content (AvgIpc) is 3.02. The van der Waals surface area contributed by atoms with E-state index < -0.39 is 5.97 Å². The largest absolute Gasteiger partial charge is 0.465 e. The predicted octanol–water partition coefficient (Wildman–Crippen LogP) is 1.40. The van der Waals surface area contributed by atoms with E-state index in [1.54, 1.807) is 22.8 Å². The molecule has 1 N–H and O–H groups in total. The summed E-state index contributed by atoms with van der Waals surface area (Å²) >= 11 is 0. The van der Waals surface area contributed by atoms with Crippen molar-refractivity contribution in [2.75, 3.05) is 20.2 Å². The summed E-state index contributed by atoms with van der Waals surface area (Å²) in [7, 11) is 1.34. The first-order valence-electron chi connectivity index (χ1n) is 7.11. The van der Waals surface area contributed by atoms with E-state index >= 15 is 0 Å². The van der Waals surface area contributed by atoms with Gasteiger partial charge in [-0.1, -0.05) is 6.07 Å². The van der Waals surface area contributed by atoms with Gasteiger partial charge >= 0.3 is 5.97 Å². The van der Waals surface area contributed by atoms with Crippen molar-refractivity contribution in [1.29, 1.82) is 0 Å². The highest BCUT2D eigenvalue weighted by Gasteiger charge is 2.16. The number of benzene rings is 1. The molecule has 0 saturated carbocycles. The summed E-state index contributed by atoms with van der Waals surface area (Å²) < 4.78 is 6.44. The second-order valence-corrected chi connectivity index (χ2v) is 5.43. The van der Waals surface area contributed by atoms with Gasteiger partial charge < -0.3 is 14.6 Å². The molecule has 0 amide bonds. The molecule has 21 heavy (non-hydrogen) atoms. The zero-order valence-corrected chi connectivity index (χ0v) is 12.0. The van der Waals surface area contributed by atoms with Crippen LogP contribution in [0.5, 0.6) is 0 Å². The summed E-state index contributed by atoms with van der Waals surface area (Å²) in [6.45, 7) is 2.68.